The predicted octanol–water partition coefficient (Wildman–Crippen LogP) is 1.72. The number of aromatic nitrogens is 1. The zero-order valence-corrected chi connectivity index (χ0v) is 13.2. The zero-order valence-electron chi connectivity index (χ0n) is 12.4. The van der Waals surface area contributed by atoms with Crippen molar-refractivity contribution in [3.05, 3.63) is 18.2 Å². The molecule has 2 aromatic rings. The van der Waals surface area contributed by atoms with Crippen molar-refractivity contribution in [2.75, 3.05) is 10.6 Å². The third kappa shape index (κ3) is 4.01. The summed E-state index contributed by atoms with van der Waals surface area (Å²) in [5.41, 5.74) is 1.40. The van der Waals surface area contributed by atoms with Crippen LogP contribution in [0.25, 0.3) is 10.2 Å². The van der Waals surface area contributed by atoms with Crippen LogP contribution in [0, 0.1) is 0 Å². The molecule has 8 heteroatoms. The quantitative estimate of drug-likeness (QED) is 0.798. The van der Waals surface area contributed by atoms with E-state index in [-0.39, 0.29) is 17.7 Å². The van der Waals surface area contributed by atoms with Crippen molar-refractivity contribution in [2.45, 2.75) is 26.8 Å². The molecule has 22 heavy (non-hydrogen) atoms. The van der Waals surface area contributed by atoms with Gasteiger partial charge in [-0.1, -0.05) is 11.3 Å². The van der Waals surface area contributed by atoms with Crippen LogP contribution in [0.3, 0.4) is 0 Å². The smallest absolute Gasteiger partial charge is 0.248 e. The first-order valence-corrected chi connectivity index (χ1v) is 7.43. The van der Waals surface area contributed by atoms with Crippen LogP contribution in [0.2, 0.25) is 0 Å². The molecule has 0 unspecified atom stereocenters. The summed E-state index contributed by atoms with van der Waals surface area (Å²) in [7, 11) is 0. The van der Waals surface area contributed by atoms with Crippen LogP contribution in [-0.4, -0.2) is 28.7 Å². The van der Waals surface area contributed by atoms with E-state index in [2.05, 4.69) is 20.9 Å². The molecule has 0 saturated carbocycles. The number of anilines is 2. The molecule has 1 aromatic carbocycles. The van der Waals surface area contributed by atoms with E-state index >= 15 is 0 Å². The van der Waals surface area contributed by atoms with Gasteiger partial charge < -0.3 is 16.0 Å². The Hall–Kier alpha value is -2.48. The first kappa shape index (κ1) is 15.9. The van der Waals surface area contributed by atoms with E-state index in [9.17, 15) is 14.4 Å². The molecule has 0 aliphatic carbocycles. The van der Waals surface area contributed by atoms with Crippen LogP contribution < -0.4 is 16.0 Å². The lowest BCUT2D eigenvalue weighted by Gasteiger charge is -2.10. The molecule has 7 nitrogen and oxygen atoms in total. The molecule has 3 amide bonds. The van der Waals surface area contributed by atoms with Crippen LogP contribution in [0.4, 0.5) is 10.8 Å². The number of amides is 3. The Bertz CT molecular complexity index is 741. The molecule has 2 rings (SSSR count). The summed E-state index contributed by atoms with van der Waals surface area (Å²) in [4.78, 5) is 38.2. The van der Waals surface area contributed by atoms with Crippen LogP contribution in [-0.2, 0) is 14.4 Å². The molecule has 0 aliphatic heterocycles. The Labute approximate surface area is 131 Å². The number of carbonyl (C=O) groups excluding carboxylic acids is 3. The number of rotatable bonds is 4. The molecule has 0 spiro atoms. The van der Waals surface area contributed by atoms with Crippen molar-refractivity contribution >= 4 is 50.1 Å². The zero-order chi connectivity index (χ0) is 16.3. The topological polar surface area (TPSA) is 100 Å². The summed E-state index contributed by atoms with van der Waals surface area (Å²) in [6.45, 7) is 4.38. The summed E-state index contributed by atoms with van der Waals surface area (Å²) in [5, 5.41) is 8.30. The fraction of sp³-hybridized carbons (Fsp3) is 0.286. The van der Waals surface area contributed by atoms with Gasteiger partial charge >= 0.3 is 0 Å². The van der Waals surface area contributed by atoms with E-state index < -0.39 is 6.04 Å². The average Bonchev–Trinajstić information content (AvgIpc) is 2.78. The van der Waals surface area contributed by atoms with Crippen molar-refractivity contribution in [1.82, 2.24) is 10.3 Å². The van der Waals surface area contributed by atoms with Gasteiger partial charge in [0.2, 0.25) is 17.7 Å². The highest BCUT2D eigenvalue weighted by Gasteiger charge is 2.15. The van der Waals surface area contributed by atoms with Gasteiger partial charge in [0, 0.05) is 19.5 Å². The second-order valence-corrected chi connectivity index (χ2v) is 5.82. The Morgan fingerprint density at radius 1 is 1.14 bits per heavy atom. The maximum atomic E-state index is 11.9. The average molecular weight is 320 g/mol. The Morgan fingerprint density at radius 3 is 2.50 bits per heavy atom. The van der Waals surface area contributed by atoms with E-state index in [0.717, 1.165) is 10.2 Å². The van der Waals surface area contributed by atoms with Gasteiger partial charge in [-0.3, -0.25) is 14.4 Å². The number of hydrogen-bond acceptors (Lipinski definition) is 5. The van der Waals surface area contributed by atoms with Gasteiger partial charge in [-0.2, -0.15) is 0 Å². The molecule has 0 saturated heterocycles. The van der Waals surface area contributed by atoms with Crippen LogP contribution in [0.15, 0.2) is 18.2 Å². The van der Waals surface area contributed by atoms with E-state index in [1.54, 1.807) is 25.1 Å². The van der Waals surface area contributed by atoms with Crippen LogP contribution >= 0.6 is 11.3 Å². The molecular weight excluding hydrogens is 304 g/mol. The van der Waals surface area contributed by atoms with Gasteiger partial charge in [0.1, 0.15) is 6.04 Å². The minimum Gasteiger partial charge on any atom is -0.345 e. The van der Waals surface area contributed by atoms with Crippen LogP contribution in [0.1, 0.15) is 20.8 Å². The second kappa shape index (κ2) is 6.52. The highest BCUT2D eigenvalue weighted by atomic mass is 32.1. The van der Waals surface area contributed by atoms with E-state index in [4.69, 9.17) is 0 Å². The molecule has 1 atom stereocenters. The third-order valence-electron chi connectivity index (χ3n) is 2.75. The number of fused-ring (bicyclic) bond motifs is 1. The number of benzene rings is 1. The van der Waals surface area contributed by atoms with Gasteiger partial charge in [0.15, 0.2) is 5.13 Å². The third-order valence-corrected chi connectivity index (χ3v) is 3.69. The van der Waals surface area contributed by atoms with Crippen LogP contribution in [0.5, 0.6) is 0 Å². The SMILES string of the molecule is CC(=O)Nc1ccc2nc(NC(=O)[C@@H](C)NC(C)=O)sc2c1. The van der Waals surface area contributed by atoms with E-state index in [0.29, 0.717) is 10.8 Å². The maximum absolute atomic E-state index is 11.9. The summed E-state index contributed by atoms with van der Waals surface area (Å²) in [6, 6.07) is 4.67. The fourth-order valence-corrected chi connectivity index (χ4v) is 2.75. The van der Waals surface area contributed by atoms with E-state index in [1.165, 1.54) is 25.2 Å². The molecular formula is C14H16N4O3S. The van der Waals surface area contributed by atoms with Crippen molar-refractivity contribution in [1.29, 1.82) is 0 Å². The minimum atomic E-state index is -0.639. The molecule has 0 bridgehead atoms. The number of nitrogens with one attached hydrogen (secondary N) is 3. The standard InChI is InChI=1S/C14H16N4O3S/c1-7(15-8(2)19)13(21)18-14-17-11-5-4-10(16-9(3)20)6-12(11)22-14/h4-7H,1-3H3,(H,15,19)(H,16,20)(H,17,18,21)/t7-/m1/s1. The largest absolute Gasteiger partial charge is 0.345 e. The van der Waals surface area contributed by atoms with Crippen molar-refractivity contribution in [3.63, 3.8) is 0 Å². The van der Waals surface area contributed by atoms with Gasteiger partial charge in [0.05, 0.1) is 10.2 Å². The number of thiazole rings is 1. The van der Waals surface area contributed by atoms with Gasteiger partial charge in [-0.05, 0) is 25.1 Å². The number of nitrogens with zero attached hydrogens (tertiary/aromatic N) is 1. The number of carbonyl (C=O) groups is 3. The molecule has 1 aromatic heterocycles. The minimum absolute atomic E-state index is 0.151. The first-order chi connectivity index (χ1) is 10.3. The molecule has 3 N–H and O–H groups in total. The molecule has 0 radical (unpaired) electrons. The Balaban J connectivity index is 2.14. The second-order valence-electron chi connectivity index (χ2n) is 4.79. The normalized spacial score (nSPS) is 11.8. The highest BCUT2D eigenvalue weighted by Crippen LogP contribution is 2.28. The van der Waals surface area contributed by atoms with Gasteiger partial charge in [-0.15, -0.1) is 0 Å². The molecule has 116 valence electrons. The first-order valence-electron chi connectivity index (χ1n) is 6.61. The van der Waals surface area contributed by atoms with Crippen molar-refractivity contribution in [3.8, 4) is 0 Å². The lowest BCUT2D eigenvalue weighted by molar-refractivity contribution is -0.124. The highest BCUT2D eigenvalue weighted by molar-refractivity contribution is 7.22. The molecule has 1 heterocycles. The summed E-state index contributed by atoms with van der Waals surface area (Å²) >= 11 is 1.30. The molecule has 0 fully saturated rings. The van der Waals surface area contributed by atoms with Crippen molar-refractivity contribution in [2.24, 2.45) is 0 Å². The fourth-order valence-electron chi connectivity index (χ4n) is 1.84. The summed E-state index contributed by atoms with van der Waals surface area (Å²) < 4.78 is 0.841. The van der Waals surface area contributed by atoms with Gasteiger partial charge in [-0.25, -0.2) is 4.98 Å². The lowest BCUT2D eigenvalue weighted by atomic mass is 10.3. The number of hydrogen-bond donors (Lipinski definition) is 3. The maximum Gasteiger partial charge on any atom is 0.248 e. The lowest BCUT2D eigenvalue weighted by Crippen LogP contribution is -2.40. The summed E-state index contributed by atoms with van der Waals surface area (Å²) in [5.74, 6) is -0.759. The predicted molar refractivity (Wildman–Crippen MR) is 85.8 cm³/mol. The van der Waals surface area contributed by atoms with E-state index in [1.807, 2.05) is 0 Å². The Morgan fingerprint density at radius 2 is 1.86 bits per heavy atom. The summed E-state index contributed by atoms with van der Waals surface area (Å²) in [6.07, 6.45) is 0. The van der Waals surface area contributed by atoms with Crippen molar-refractivity contribution < 1.29 is 14.4 Å². The van der Waals surface area contributed by atoms with Gasteiger partial charge in [0.25, 0.3) is 0 Å². The Kier molecular flexibility index (Phi) is 4.71. The monoisotopic (exact) mass is 320 g/mol. The molecule has 0 aliphatic rings.